The molecule has 0 saturated heterocycles. The molecule has 0 aliphatic heterocycles. The average Bonchev–Trinajstić information content (AvgIpc) is 2.67. The lowest BCUT2D eigenvalue weighted by molar-refractivity contribution is 0.0696. The molecule has 0 saturated carbocycles. The van der Waals surface area contributed by atoms with Crippen LogP contribution in [0.5, 0.6) is 0 Å². The lowest BCUT2D eigenvalue weighted by Gasteiger charge is -2.14. The minimum atomic E-state index is -0.948. The molecule has 0 aromatic carbocycles. The first kappa shape index (κ1) is 14.5. The number of aryl methyl sites for hydroxylation is 3. The van der Waals surface area contributed by atoms with Gasteiger partial charge in [0.05, 0.1) is 22.3 Å². The Bertz CT molecular complexity index is 652. The van der Waals surface area contributed by atoms with Gasteiger partial charge in [-0.15, -0.1) is 11.3 Å². The van der Waals surface area contributed by atoms with Gasteiger partial charge in [-0.2, -0.15) is 0 Å². The van der Waals surface area contributed by atoms with E-state index in [1.54, 1.807) is 30.4 Å². The zero-order valence-electron chi connectivity index (χ0n) is 11.9. The lowest BCUT2D eigenvalue weighted by atomic mass is 10.2. The van der Waals surface area contributed by atoms with Crippen LogP contribution in [-0.4, -0.2) is 21.0 Å². The smallest absolute Gasteiger partial charge is 0.335 e. The summed E-state index contributed by atoms with van der Waals surface area (Å²) in [6.07, 6.45) is 0. The van der Waals surface area contributed by atoms with Crippen molar-refractivity contribution in [3.63, 3.8) is 0 Å². The SMILES string of the molecule is Cc1cc(C(=O)O)cc(NC(C)c2sc(C)nc2C)n1. The van der Waals surface area contributed by atoms with Crippen LogP contribution in [0.25, 0.3) is 0 Å². The zero-order chi connectivity index (χ0) is 14.9. The fourth-order valence-corrected chi connectivity index (χ4v) is 3.03. The Balaban J connectivity index is 2.25. The van der Waals surface area contributed by atoms with Gasteiger partial charge < -0.3 is 10.4 Å². The molecular formula is C14H17N3O2S. The van der Waals surface area contributed by atoms with Crippen molar-refractivity contribution in [2.24, 2.45) is 0 Å². The first-order chi connectivity index (χ1) is 9.36. The number of rotatable bonds is 4. The minimum Gasteiger partial charge on any atom is -0.478 e. The van der Waals surface area contributed by atoms with E-state index in [1.807, 2.05) is 20.8 Å². The van der Waals surface area contributed by atoms with Crippen LogP contribution in [-0.2, 0) is 0 Å². The Morgan fingerprint density at radius 2 is 2.00 bits per heavy atom. The van der Waals surface area contributed by atoms with Gasteiger partial charge in [-0.3, -0.25) is 0 Å². The first-order valence-corrected chi connectivity index (χ1v) is 7.11. The van der Waals surface area contributed by atoms with E-state index < -0.39 is 5.97 Å². The van der Waals surface area contributed by atoms with E-state index in [2.05, 4.69) is 15.3 Å². The minimum absolute atomic E-state index is 0.0390. The van der Waals surface area contributed by atoms with Gasteiger partial charge in [0, 0.05) is 10.6 Å². The maximum Gasteiger partial charge on any atom is 0.335 e. The number of aromatic nitrogens is 2. The summed E-state index contributed by atoms with van der Waals surface area (Å²) in [4.78, 5) is 20.9. The molecule has 0 bridgehead atoms. The summed E-state index contributed by atoms with van der Waals surface area (Å²) in [7, 11) is 0. The molecule has 1 unspecified atom stereocenters. The van der Waals surface area contributed by atoms with Crippen LogP contribution < -0.4 is 5.32 Å². The lowest BCUT2D eigenvalue weighted by Crippen LogP contribution is -2.09. The number of nitrogens with zero attached hydrogens (tertiary/aromatic N) is 2. The van der Waals surface area contributed by atoms with Crippen molar-refractivity contribution < 1.29 is 9.90 Å². The van der Waals surface area contributed by atoms with Crippen LogP contribution in [0.3, 0.4) is 0 Å². The van der Waals surface area contributed by atoms with E-state index in [4.69, 9.17) is 5.11 Å². The normalized spacial score (nSPS) is 12.2. The summed E-state index contributed by atoms with van der Waals surface area (Å²) >= 11 is 1.64. The highest BCUT2D eigenvalue weighted by atomic mass is 32.1. The van der Waals surface area contributed by atoms with Crippen LogP contribution in [0, 0.1) is 20.8 Å². The van der Waals surface area contributed by atoms with Gasteiger partial charge in [0.2, 0.25) is 0 Å². The summed E-state index contributed by atoms with van der Waals surface area (Å²) in [6, 6.07) is 3.15. The van der Waals surface area contributed by atoms with Crippen molar-refractivity contribution in [2.75, 3.05) is 5.32 Å². The Hall–Kier alpha value is -1.95. The van der Waals surface area contributed by atoms with E-state index in [1.165, 1.54) is 0 Å². The number of pyridine rings is 1. The van der Waals surface area contributed by atoms with E-state index in [-0.39, 0.29) is 11.6 Å². The first-order valence-electron chi connectivity index (χ1n) is 6.29. The third-order valence-electron chi connectivity index (χ3n) is 2.90. The molecule has 0 radical (unpaired) electrons. The molecule has 2 N–H and O–H groups in total. The van der Waals surface area contributed by atoms with Crippen LogP contribution in [0.4, 0.5) is 5.82 Å². The monoisotopic (exact) mass is 291 g/mol. The van der Waals surface area contributed by atoms with E-state index in [9.17, 15) is 4.79 Å². The highest BCUT2D eigenvalue weighted by Gasteiger charge is 2.14. The molecule has 0 amide bonds. The molecule has 5 nitrogen and oxygen atoms in total. The molecule has 6 heteroatoms. The molecule has 2 aromatic heterocycles. The largest absolute Gasteiger partial charge is 0.478 e. The van der Waals surface area contributed by atoms with Gasteiger partial charge in [-0.1, -0.05) is 0 Å². The maximum absolute atomic E-state index is 11.1. The molecule has 1 atom stereocenters. The van der Waals surface area contributed by atoms with Gasteiger partial charge in [-0.25, -0.2) is 14.8 Å². The summed E-state index contributed by atoms with van der Waals surface area (Å²) in [5.41, 5.74) is 1.92. The van der Waals surface area contributed by atoms with Crippen LogP contribution in [0.1, 0.15) is 44.6 Å². The van der Waals surface area contributed by atoms with E-state index in [0.29, 0.717) is 11.5 Å². The predicted octanol–water partition coefficient (Wildman–Crippen LogP) is 3.33. The number of carboxylic acids is 1. The molecule has 0 aliphatic rings. The number of thiazole rings is 1. The van der Waals surface area contributed by atoms with E-state index >= 15 is 0 Å². The fourth-order valence-electron chi connectivity index (χ4n) is 2.10. The van der Waals surface area contributed by atoms with Gasteiger partial charge >= 0.3 is 5.97 Å². The molecule has 0 aliphatic carbocycles. The predicted molar refractivity (Wildman–Crippen MR) is 79.6 cm³/mol. The van der Waals surface area contributed by atoms with Crippen molar-refractivity contribution in [2.45, 2.75) is 33.7 Å². The standard InChI is InChI=1S/C14H17N3O2S/c1-7-5-11(14(18)19)6-12(15-7)17-9(3)13-8(2)16-10(4)20-13/h5-6,9H,1-4H3,(H,15,17)(H,18,19). The molecule has 20 heavy (non-hydrogen) atoms. The number of carbonyl (C=O) groups is 1. The second-order valence-electron chi connectivity index (χ2n) is 4.74. The summed E-state index contributed by atoms with van der Waals surface area (Å²) in [5.74, 6) is -0.378. The van der Waals surface area contributed by atoms with E-state index in [0.717, 1.165) is 15.6 Å². The van der Waals surface area contributed by atoms with Crippen molar-refractivity contribution >= 4 is 23.1 Å². The topological polar surface area (TPSA) is 75.1 Å². The van der Waals surface area contributed by atoms with Crippen molar-refractivity contribution in [1.82, 2.24) is 9.97 Å². The Morgan fingerprint density at radius 3 is 2.55 bits per heavy atom. The number of carboxylic acid groups (broad SMARTS) is 1. The highest BCUT2D eigenvalue weighted by Crippen LogP contribution is 2.27. The van der Waals surface area contributed by atoms with Gasteiger partial charge in [-0.05, 0) is 39.8 Å². The van der Waals surface area contributed by atoms with Crippen molar-refractivity contribution in [1.29, 1.82) is 0 Å². The molecule has 2 heterocycles. The number of anilines is 1. The average molecular weight is 291 g/mol. The molecule has 0 spiro atoms. The summed E-state index contributed by atoms with van der Waals surface area (Å²) in [5, 5.41) is 13.3. The number of aromatic carboxylic acids is 1. The fraction of sp³-hybridized carbons (Fsp3) is 0.357. The quantitative estimate of drug-likeness (QED) is 0.903. The third-order valence-corrected chi connectivity index (χ3v) is 4.15. The van der Waals surface area contributed by atoms with Crippen LogP contribution >= 0.6 is 11.3 Å². The third kappa shape index (κ3) is 3.14. The second-order valence-corrected chi connectivity index (χ2v) is 5.97. The maximum atomic E-state index is 11.1. The number of hydrogen-bond acceptors (Lipinski definition) is 5. The number of nitrogens with one attached hydrogen (secondary N) is 1. The zero-order valence-corrected chi connectivity index (χ0v) is 12.7. The Kier molecular flexibility index (Phi) is 4.04. The molecule has 2 rings (SSSR count). The summed E-state index contributed by atoms with van der Waals surface area (Å²) < 4.78 is 0. The molecule has 2 aromatic rings. The Morgan fingerprint density at radius 1 is 1.30 bits per heavy atom. The van der Waals surface area contributed by atoms with Gasteiger partial charge in [0.1, 0.15) is 5.82 Å². The molecular weight excluding hydrogens is 274 g/mol. The highest BCUT2D eigenvalue weighted by molar-refractivity contribution is 7.11. The van der Waals surface area contributed by atoms with Gasteiger partial charge in [0.25, 0.3) is 0 Å². The number of hydrogen-bond donors (Lipinski definition) is 2. The van der Waals surface area contributed by atoms with Crippen molar-refractivity contribution in [3.8, 4) is 0 Å². The second kappa shape index (κ2) is 5.58. The van der Waals surface area contributed by atoms with Crippen molar-refractivity contribution in [3.05, 3.63) is 39.0 Å². The van der Waals surface area contributed by atoms with Crippen LogP contribution in [0.2, 0.25) is 0 Å². The van der Waals surface area contributed by atoms with Gasteiger partial charge in [0.15, 0.2) is 0 Å². The molecule has 0 fully saturated rings. The summed E-state index contributed by atoms with van der Waals surface area (Å²) in [6.45, 7) is 7.75. The van der Waals surface area contributed by atoms with Crippen LogP contribution in [0.15, 0.2) is 12.1 Å². The Labute approximate surface area is 121 Å². The molecule has 106 valence electrons.